The molecule has 6 aromatic rings. The molecule has 0 bridgehead atoms. The van der Waals surface area contributed by atoms with Crippen LogP contribution < -0.4 is 20.9 Å². The molecule has 0 fully saturated rings. The summed E-state index contributed by atoms with van der Waals surface area (Å²) in [6, 6.07) is 15.8. The number of hydrogen-bond donors (Lipinski definition) is 6. The van der Waals surface area contributed by atoms with Gasteiger partial charge in [0.05, 0.1) is 34.6 Å². The third-order valence-electron chi connectivity index (χ3n) is 6.77. The van der Waals surface area contributed by atoms with Crippen molar-refractivity contribution in [3.05, 3.63) is 83.5 Å². The summed E-state index contributed by atoms with van der Waals surface area (Å²) in [6.07, 6.45) is 0. The summed E-state index contributed by atoms with van der Waals surface area (Å²) in [7, 11) is 0. The Labute approximate surface area is 263 Å². The Hall–Kier alpha value is -5.78. The molecule has 6 rings (SSSR count). The van der Waals surface area contributed by atoms with E-state index in [1.807, 2.05) is 0 Å². The van der Waals surface area contributed by atoms with Crippen LogP contribution in [0.5, 0.6) is 46.0 Å². The van der Waals surface area contributed by atoms with Gasteiger partial charge in [0, 0.05) is 35.4 Å². The van der Waals surface area contributed by atoms with Crippen molar-refractivity contribution in [3.8, 4) is 68.6 Å². The topological polar surface area (TPSA) is 218 Å². The maximum Gasteiger partial charge on any atom is 2.00 e. The van der Waals surface area contributed by atoms with E-state index in [2.05, 4.69) is 9.98 Å². The van der Waals surface area contributed by atoms with Crippen LogP contribution >= 0.6 is 0 Å². The summed E-state index contributed by atoms with van der Waals surface area (Å²) < 4.78 is 11.5. The minimum atomic E-state index is -0.680. The normalized spacial score (nSPS) is 12.1. The van der Waals surface area contributed by atoms with Crippen molar-refractivity contribution in [1.29, 1.82) is 0 Å². The number of rotatable bonds is 5. The van der Waals surface area contributed by atoms with Gasteiger partial charge in [-0.3, -0.25) is 9.98 Å². The molecule has 4 aromatic carbocycles. The van der Waals surface area contributed by atoms with Crippen LogP contribution in [0, 0.1) is 0 Å². The predicted octanol–water partition coefficient (Wildman–Crippen LogP) is 3.39. The van der Waals surface area contributed by atoms with Gasteiger partial charge in [0.25, 0.3) is 0 Å². The number of phenols is 6. The molecule has 0 aliphatic rings. The first-order valence-corrected chi connectivity index (χ1v) is 13.1. The number of aromatic hydroxyl groups is 6. The van der Waals surface area contributed by atoms with Crippen molar-refractivity contribution in [3.63, 3.8) is 0 Å². The number of benzene rings is 4. The molecule has 1 radical (unpaired) electrons. The van der Waals surface area contributed by atoms with E-state index >= 15 is 0 Å². The van der Waals surface area contributed by atoms with Crippen LogP contribution in [0.4, 0.5) is 0 Å². The largest absolute Gasteiger partial charge is 2.00 e. The minimum absolute atomic E-state index is 0. The van der Waals surface area contributed by atoms with E-state index in [1.165, 1.54) is 60.7 Å². The molecule has 2 aromatic heterocycles. The van der Waals surface area contributed by atoms with Gasteiger partial charge in [-0.1, -0.05) is 0 Å². The van der Waals surface area contributed by atoms with E-state index in [1.54, 1.807) is 0 Å². The minimum Gasteiger partial charge on any atom is -0.868 e. The van der Waals surface area contributed by atoms with Crippen LogP contribution in [0.1, 0.15) is 0 Å². The van der Waals surface area contributed by atoms with Gasteiger partial charge >= 0.3 is 17.1 Å². The molecule has 12 nitrogen and oxygen atoms in total. The van der Waals surface area contributed by atoms with Crippen molar-refractivity contribution < 1.29 is 66.8 Å². The molecule has 0 aliphatic carbocycles. The van der Waals surface area contributed by atoms with Gasteiger partial charge in [0.1, 0.15) is 57.2 Å². The summed E-state index contributed by atoms with van der Waals surface area (Å²) in [5.74, 6) is -3.25. The fourth-order valence-corrected chi connectivity index (χ4v) is 4.80. The zero-order valence-corrected chi connectivity index (χ0v) is 23.8. The summed E-state index contributed by atoms with van der Waals surface area (Å²) >= 11 is 0. The average molecular weight is 658 g/mol. The summed E-state index contributed by atoms with van der Waals surface area (Å²) in [6.45, 7) is -0.325. The average Bonchev–Trinajstić information content (AvgIpc) is 2.97. The number of hydrogen-bond acceptors (Lipinski definition) is 12. The molecule has 6 N–H and O–H groups in total. The van der Waals surface area contributed by atoms with Gasteiger partial charge in [0.2, 0.25) is 0 Å². The van der Waals surface area contributed by atoms with Crippen LogP contribution in [-0.4, -0.2) is 43.7 Å². The Kier molecular flexibility index (Phi) is 8.23. The zero-order valence-electron chi connectivity index (χ0n) is 22.9. The maximum atomic E-state index is 13.5. The van der Waals surface area contributed by atoms with Gasteiger partial charge in [0.15, 0.2) is 0 Å². The molecule has 45 heavy (non-hydrogen) atoms. The number of phenolic OH excluding ortho intramolecular Hbond substituents is 6. The molecule has 2 heterocycles. The molecule has 0 aliphatic heterocycles. The molecule has 231 valence electrons. The summed E-state index contributed by atoms with van der Waals surface area (Å²) in [5.41, 5.74) is 0.576. The fourth-order valence-electron chi connectivity index (χ4n) is 4.80. The molecule has 0 atom stereocenters. The van der Waals surface area contributed by atoms with Crippen molar-refractivity contribution in [2.75, 3.05) is 13.1 Å². The van der Waals surface area contributed by atoms with Gasteiger partial charge in [-0.05, 0) is 60.0 Å². The van der Waals surface area contributed by atoms with Crippen LogP contribution in [0.25, 0.3) is 44.6 Å². The Morgan fingerprint density at radius 1 is 0.511 bits per heavy atom. The van der Waals surface area contributed by atoms with Gasteiger partial charge in [-0.2, -0.15) is 0 Å². The van der Waals surface area contributed by atoms with Gasteiger partial charge < -0.3 is 49.7 Å². The Bertz CT molecular complexity index is 2050. The van der Waals surface area contributed by atoms with E-state index < -0.39 is 23.0 Å². The van der Waals surface area contributed by atoms with Crippen molar-refractivity contribution in [1.82, 2.24) is 0 Å². The Morgan fingerprint density at radius 2 is 0.867 bits per heavy atom. The predicted molar refractivity (Wildman–Crippen MR) is 153 cm³/mol. The van der Waals surface area contributed by atoms with E-state index in [0.29, 0.717) is 11.1 Å². The first-order chi connectivity index (χ1) is 21.1. The number of nitrogens with zero attached hydrogens (tertiary/aromatic N) is 2. The second-order valence-corrected chi connectivity index (χ2v) is 9.75. The maximum absolute atomic E-state index is 13.5. The Morgan fingerprint density at radius 3 is 1.22 bits per heavy atom. The van der Waals surface area contributed by atoms with Gasteiger partial charge in [-0.25, -0.2) is 0 Å². The van der Waals surface area contributed by atoms with Crippen molar-refractivity contribution in [2.45, 2.75) is 0 Å². The first kappa shape index (κ1) is 30.7. The molecule has 13 heteroatoms. The van der Waals surface area contributed by atoms with Crippen LogP contribution in [0.15, 0.2) is 91.6 Å². The van der Waals surface area contributed by atoms with E-state index in [0.717, 1.165) is 12.1 Å². The van der Waals surface area contributed by atoms with Crippen molar-refractivity contribution in [2.24, 2.45) is 9.98 Å². The third kappa shape index (κ3) is 5.77. The molecular formula is C32H22CuN2O10. The Balaban J connectivity index is 0.00000400. The first-order valence-electron chi connectivity index (χ1n) is 13.1. The van der Waals surface area contributed by atoms with Crippen LogP contribution in [0.2, 0.25) is 0 Å². The number of fused-ring (bicyclic) bond motifs is 2. The van der Waals surface area contributed by atoms with Crippen LogP contribution in [-0.2, 0) is 17.1 Å². The third-order valence-corrected chi connectivity index (χ3v) is 6.77. The fraction of sp³-hybridized carbons (Fsp3) is 0.0625. The molecule has 0 saturated carbocycles. The molecular weight excluding hydrogens is 636 g/mol. The van der Waals surface area contributed by atoms with E-state index in [-0.39, 0.29) is 97.3 Å². The second-order valence-electron chi connectivity index (χ2n) is 9.75. The van der Waals surface area contributed by atoms with Gasteiger partial charge in [-0.15, -0.1) is 0 Å². The standard InChI is InChI=1S/C32H24N2O10.Cu/c35-17-5-1-15(2-6-17)31-29(41)27(25-21(39)11-19(37)13-23(25)43-31)33-9-10-34-28-26-22(40)12-20(38)14-24(26)44-32(30(28)42)16-3-7-18(36)8-4-16;/h1-8,11-14,35-42H,9-10H2;/q;+2/p-2. The SMILES string of the molecule is [Cu+2].[O-]c1c(-c2ccc(O)cc2)oc2cc(O)cc(O)c2c1=NCCN=c1c([O-])c(-c2ccc(O)cc2)oc2cc(O)cc(O)c12. The smallest absolute Gasteiger partial charge is 0.868 e. The summed E-state index contributed by atoms with van der Waals surface area (Å²) in [5, 5.41) is 87.0. The zero-order chi connectivity index (χ0) is 31.1. The second kappa shape index (κ2) is 12.1. The molecule has 0 saturated heterocycles. The summed E-state index contributed by atoms with van der Waals surface area (Å²) in [4.78, 5) is 8.73. The van der Waals surface area contributed by atoms with Crippen LogP contribution in [0.3, 0.4) is 0 Å². The monoisotopic (exact) mass is 657 g/mol. The van der Waals surface area contributed by atoms with E-state index in [9.17, 15) is 40.9 Å². The molecule has 0 spiro atoms. The molecule has 0 unspecified atom stereocenters. The molecule has 0 amide bonds. The quantitative estimate of drug-likeness (QED) is 0.117. The van der Waals surface area contributed by atoms with E-state index in [4.69, 9.17) is 8.83 Å². The van der Waals surface area contributed by atoms with Crippen molar-refractivity contribution >= 4 is 21.9 Å².